The summed E-state index contributed by atoms with van der Waals surface area (Å²) in [4.78, 5) is 4.94. The van der Waals surface area contributed by atoms with Crippen LogP contribution in [-0.4, -0.2) is 32.8 Å². The maximum atomic E-state index is 8.12. The number of nitrogens with zero attached hydrogens (tertiary/aromatic N) is 4. The highest BCUT2D eigenvalue weighted by Crippen LogP contribution is 2.16. The van der Waals surface area contributed by atoms with Gasteiger partial charge in [-0.05, 0) is 29.8 Å². The monoisotopic (exact) mass is 242 g/mol. The van der Waals surface area contributed by atoms with Gasteiger partial charge in [0, 0.05) is 29.3 Å². The van der Waals surface area contributed by atoms with Crippen molar-refractivity contribution < 1.29 is 4.74 Å². The molecule has 92 valence electrons. The molecule has 5 heteroatoms. The molecule has 0 spiro atoms. The van der Waals surface area contributed by atoms with E-state index in [0.29, 0.717) is 0 Å². The molecule has 1 aromatic rings. The molecule has 1 aliphatic heterocycles. The lowest BCUT2D eigenvalue weighted by molar-refractivity contribution is 0.122. The molecule has 0 unspecified atom stereocenters. The topological polar surface area (TPSA) is 61.2 Å². The summed E-state index contributed by atoms with van der Waals surface area (Å²) in [6.07, 6.45) is 0. The summed E-state index contributed by atoms with van der Waals surface area (Å²) in [5, 5.41) is 3.36. The molecule has 1 aromatic carbocycles. The van der Waals surface area contributed by atoms with Gasteiger partial charge in [-0.3, -0.25) is 0 Å². The van der Waals surface area contributed by atoms with E-state index < -0.39 is 0 Å². The van der Waals surface area contributed by atoms with Crippen LogP contribution in [0.5, 0.6) is 0 Å². The van der Waals surface area contributed by atoms with E-state index in [2.05, 4.69) is 38.9 Å². The van der Waals surface area contributed by atoms with Gasteiger partial charge in [0.05, 0.1) is 19.8 Å². The molecule has 2 rings (SSSR count). The van der Waals surface area contributed by atoms with Crippen molar-refractivity contribution in [3.05, 3.63) is 40.3 Å². The van der Waals surface area contributed by atoms with E-state index in [1.165, 1.54) is 5.69 Å². The van der Waals surface area contributed by atoms with Crippen LogP contribution in [0.25, 0.3) is 10.4 Å². The molecule has 1 aliphatic rings. The Morgan fingerprint density at radius 2 is 2.00 bits per heavy atom. The number of rotatable bonds is 2. The van der Waals surface area contributed by atoms with Crippen molar-refractivity contribution in [3.8, 4) is 11.8 Å². The molecular formula is C13H14N4O. The van der Waals surface area contributed by atoms with Gasteiger partial charge in [-0.25, -0.2) is 0 Å². The third-order valence-corrected chi connectivity index (χ3v) is 2.69. The average molecular weight is 242 g/mol. The van der Waals surface area contributed by atoms with E-state index in [1.54, 1.807) is 0 Å². The van der Waals surface area contributed by atoms with Crippen LogP contribution in [0.2, 0.25) is 0 Å². The zero-order chi connectivity index (χ0) is 12.6. The molecule has 0 atom stereocenters. The first-order chi connectivity index (χ1) is 8.90. The second-order valence-electron chi connectivity index (χ2n) is 3.84. The van der Waals surface area contributed by atoms with Crippen LogP contribution >= 0.6 is 0 Å². The molecule has 0 bridgehead atoms. The van der Waals surface area contributed by atoms with Gasteiger partial charge in [0.15, 0.2) is 0 Å². The summed E-state index contributed by atoms with van der Waals surface area (Å²) in [5.74, 6) is 5.75. The zero-order valence-corrected chi connectivity index (χ0v) is 10.0. The summed E-state index contributed by atoms with van der Waals surface area (Å²) in [6.45, 7) is 3.65. The highest BCUT2D eigenvalue weighted by molar-refractivity contribution is 5.50. The van der Waals surface area contributed by atoms with E-state index in [4.69, 9.17) is 10.3 Å². The molecule has 1 fully saturated rings. The normalized spacial score (nSPS) is 14.3. The van der Waals surface area contributed by atoms with Gasteiger partial charge < -0.3 is 9.64 Å². The number of hydrogen-bond acceptors (Lipinski definition) is 3. The Balaban J connectivity index is 1.99. The summed E-state index contributed by atoms with van der Waals surface area (Å²) in [7, 11) is 0. The molecule has 18 heavy (non-hydrogen) atoms. The van der Waals surface area contributed by atoms with E-state index in [0.717, 1.165) is 31.9 Å². The van der Waals surface area contributed by atoms with Crippen LogP contribution in [-0.2, 0) is 4.74 Å². The summed E-state index contributed by atoms with van der Waals surface area (Å²) >= 11 is 0. The molecule has 1 heterocycles. The largest absolute Gasteiger partial charge is 0.378 e. The number of hydrogen-bond donors (Lipinski definition) is 0. The fraction of sp³-hybridized carbons (Fsp3) is 0.385. The van der Waals surface area contributed by atoms with Crippen molar-refractivity contribution in [2.24, 2.45) is 5.11 Å². The van der Waals surface area contributed by atoms with Gasteiger partial charge in [-0.2, -0.15) is 0 Å². The summed E-state index contributed by atoms with van der Waals surface area (Å²) < 4.78 is 5.32. The molecule has 0 N–H and O–H groups in total. The molecule has 1 saturated heterocycles. The lowest BCUT2D eigenvalue weighted by atomic mass is 10.2. The predicted octanol–water partition coefficient (Wildman–Crippen LogP) is 2.19. The fourth-order valence-electron chi connectivity index (χ4n) is 1.79. The highest BCUT2D eigenvalue weighted by Gasteiger charge is 2.10. The Bertz CT molecular complexity index is 488. The van der Waals surface area contributed by atoms with Crippen LogP contribution in [0.1, 0.15) is 5.56 Å². The van der Waals surface area contributed by atoms with Crippen molar-refractivity contribution in [2.45, 2.75) is 0 Å². The molecule has 5 nitrogen and oxygen atoms in total. The fourth-order valence-corrected chi connectivity index (χ4v) is 1.79. The Morgan fingerprint density at radius 3 is 2.67 bits per heavy atom. The first kappa shape index (κ1) is 12.3. The lowest BCUT2D eigenvalue weighted by Gasteiger charge is -2.28. The van der Waals surface area contributed by atoms with Crippen molar-refractivity contribution in [2.75, 3.05) is 37.7 Å². The Hall–Kier alpha value is -2.15. The number of azide groups is 1. The van der Waals surface area contributed by atoms with E-state index >= 15 is 0 Å². The third-order valence-electron chi connectivity index (χ3n) is 2.69. The van der Waals surface area contributed by atoms with Crippen molar-refractivity contribution >= 4 is 5.69 Å². The van der Waals surface area contributed by atoms with Crippen LogP contribution in [0.15, 0.2) is 29.4 Å². The van der Waals surface area contributed by atoms with Crippen LogP contribution in [0.4, 0.5) is 5.69 Å². The second-order valence-corrected chi connectivity index (χ2v) is 3.84. The molecule has 0 saturated carbocycles. The van der Waals surface area contributed by atoms with Gasteiger partial charge in [-0.1, -0.05) is 17.0 Å². The van der Waals surface area contributed by atoms with Gasteiger partial charge in [0.25, 0.3) is 0 Å². The lowest BCUT2D eigenvalue weighted by Crippen LogP contribution is -2.36. The minimum Gasteiger partial charge on any atom is -0.378 e. The third kappa shape index (κ3) is 3.42. The van der Waals surface area contributed by atoms with Crippen LogP contribution in [0, 0.1) is 11.8 Å². The summed E-state index contributed by atoms with van der Waals surface area (Å²) in [6, 6.07) is 8.08. The smallest absolute Gasteiger partial charge is 0.0880 e. The van der Waals surface area contributed by atoms with E-state index in [1.807, 2.05) is 12.1 Å². The van der Waals surface area contributed by atoms with Crippen LogP contribution in [0.3, 0.4) is 0 Å². The first-order valence-corrected chi connectivity index (χ1v) is 5.82. The number of ether oxygens (including phenoxy) is 1. The van der Waals surface area contributed by atoms with Crippen molar-refractivity contribution in [3.63, 3.8) is 0 Å². The average Bonchev–Trinajstić information content (AvgIpc) is 2.45. The van der Waals surface area contributed by atoms with Gasteiger partial charge in [-0.15, -0.1) is 0 Å². The number of morpholine rings is 1. The van der Waals surface area contributed by atoms with Gasteiger partial charge in [0.2, 0.25) is 0 Å². The zero-order valence-electron chi connectivity index (χ0n) is 10.0. The number of anilines is 1. The van der Waals surface area contributed by atoms with Gasteiger partial charge in [0.1, 0.15) is 0 Å². The quantitative estimate of drug-likeness (QED) is 0.345. The van der Waals surface area contributed by atoms with E-state index in [9.17, 15) is 0 Å². The standard InChI is InChI=1S/C13H14N4O/c14-16-15-7-1-2-12-3-5-13(6-4-12)17-8-10-18-11-9-17/h3-6H,7-11H2. The maximum absolute atomic E-state index is 8.12. The molecule has 0 aliphatic carbocycles. The minimum absolute atomic E-state index is 0.210. The Morgan fingerprint density at radius 1 is 1.28 bits per heavy atom. The van der Waals surface area contributed by atoms with Crippen molar-refractivity contribution in [1.82, 2.24) is 0 Å². The molecule has 0 aromatic heterocycles. The van der Waals surface area contributed by atoms with Gasteiger partial charge >= 0.3 is 0 Å². The molecule has 0 amide bonds. The highest BCUT2D eigenvalue weighted by atomic mass is 16.5. The molecule has 0 radical (unpaired) electrons. The summed E-state index contributed by atoms with van der Waals surface area (Å²) in [5.41, 5.74) is 10.2. The van der Waals surface area contributed by atoms with Crippen LogP contribution < -0.4 is 4.90 Å². The second kappa shape index (κ2) is 6.55. The van der Waals surface area contributed by atoms with E-state index in [-0.39, 0.29) is 6.54 Å². The first-order valence-electron chi connectivity index (χ1n) is 5.82. The maximum Gasteiger partial charge on any atom is 0.0880 e. The Labute approximate surface area is 106 Å². The number of benzene rings is 1. The predicted molar refractivity (Wildman–Crippen MR) is 70.4 cm³/mol. The Kier molecular flexibility index (Phi) is 4.48. The SMILES string of the molecule is [N-]=[N+]=NCC#Cc1ccc(N2CCOCC2)cc1. The van der Waals surface area contributed by atoms with Crippen molar-refractivity contribution in [1.29, 1.82) is 0 Å². The molecular weight excluding hydrogens is 228 g/mol. The minimum atomic E-state index is 0.210.